The number of halogens is 5. The molecule has 0 atom stereocenters. The molecule has 0 aliphatic carbocycles. The van der Waals surface area contributed by atoms with Gasteiger partial charge in [-0.05, 0) is 151 Å². The zero-order chi connectivity index (χ0) is 58.2. The van der Waals surface area contributed by atoms with Gasteiger partial charge in [0.1, 0.15) is 31.8 Å². The Balaban J connectivity index is 0.000000685. The molecule has 5 rings (SSSR count). The van der Waals surface area contributed by atoms with Crippen LogP contribution in [0.15, 0.2) is 99.8 Å². The molecule has 0 saturated carbocycles. The van der Waals surface area contributed by atoms with Crippen molar-refractivity contribution in [1.29, 1.82) is 0 Å². The van der Waals surface area contributed by atoms with Crippen LogP contribution in [0.1, 0.15) is 86.8 Å². The first-order valence-electron chi connectivity index (χ1n) is 23.4. The molecule has 78 heavy (non-hydrogen) atoms. The van der Waals surface area contributed by atoms with E-state index >= 15 is 0 Å². The summed E-state index contributed by atoms with van der Waals surface area (Å²) in [6, 6.07) is 16.3. The summed E-state index contributed by atoms with van der Waals surface area (Å²) in [7, 11) is 0. The monoisotopic (exact) mass is 1500 g/mol. The summed E-state index contributed by atoms with van der Waals surface area (Å²) in [5, 5.41) is 23.5. The zero-order valence-electron chi connectivity index (χ0n) is 43.8. The Hall–Kier alpha value is -5.24. The Labute approximate surface area is 503 Å². The van der Waals surface area contributed by atoms with E-state index in [9.17, 15) is 39.4 Å². The van der Waals surface area contributed by atoms with Gasteiger partial charge in [0.25, 0.3) is 0 Å². The standard InChI is InChI=1S/C23H26Br2N4O6.C23H28BrN5O6.C4H8O.CH4.I2/c2*1-6-11-27(22(31)35-23(3,4)5)16-10-8-9-15(12-16)14-28(21(30)34-7-2)17-13-18(24)26-20(25)19(17)29(32)33;1-2-4-5-3-1;;1-2/h6,8-10,12-13H,1,7,11,14H2,2-5H3;6,8-10,12-13H,1,7,11,14H2,2-5H3,(H2,25,26);1-4H2;1H4;. The molecule has 0 spiro atoms. The minimum atomic E-state index is -0.811. The molecule has 2 aromatic carbocycles. The summed E-state index contributed by atoms with van der Waals surface area (Å²) in [5.41, 5.74) is 5.51. The normalized spacial score (nSPS) is 11.4. The van der Waals surface area contributed by atoms with Gasteiger partial charge in [0.05, 0.1) is 36.1 Å². The quantitative estimate of drug-likeness (QED) is 0.0273. The van der Waals surface area contributed by atoms with Gasteiger partial charge in [-0.25, -0.2) is 29.1 Å². The molecular formula is C51H66Br3I2N9O13. The number of anilines is 5. The summed E-state index contributed by atoms with van der Waals surface area (Å²) in [6.45, 7) is 23.5. The molecule has 1 aliphatic heterocycles. The van der Waals surface area contributed by atoms with Gasteiger partial charge in [0.2, 0.25) is 5.82 Å². The number of aromatic nitrogens is 2. The molecule has 1 saturated heterocycles. The third-order valence-corrected chi connectivity index (χ3v) is 11.0. The van der Waals surface area contributed by atoms with Crippen molar-refractivity contribution in [3.05, 3.63) is 131 Å². The van der Waals surface area contributed by atoms with Crippen molar-refractivity contribution in [2.45, 2.75) is 99.9 Å². The highest BCUT2D eigenvalue weighted by molar-refractivity contribution is 15.0. The van der Waals surface area contributed by atoms with Gasteiger partial charge in [-0.3, -0.25) is 39.8 Å². The smallest absolute Gasteiger partial charge is 0.415 e. The van der Waals surface area contributed by atoms with E-state index in [-0.39, 0.29) is 83.5 Å². The molecule has 0 bridgehead atoms. The van der Waals surface area contributed by atoms with Crippen molar-refractivity contribution in [2.24, 2.45) is 0 Å². The number of nitrogens with two attached hydrogens (primary N) is 1. The number of carbonyl (C=O) groups is 4. The maximum atomic E-state index is 12.9. The fourth-order valence-electron chi connectivity index (χ4n) is 6.63. The molecule has 0 unspecified atom stereocenters. The first kappa shape index (κ1) is 70.8. The fourth-order valence-corrected chi connectivity index (χ4v) is 8.21. The highest BCUT2D eigenvalue weighted by Crippen LogP contribution is 2.39. The van der Waals surface area contributed by atoms with Crippen molar-refractivity contribution in [3.63, 3.8) is 0 Å². The zero-order valence-corrected chi connectivity index (χ0v) is 52.8. The molecule has 1 fully saturated rings. The number of nitrogens with zero attached hydrogens (tertiary/aromatic N) is 8. The number of rotatable bonds is 16. The number of pyridine rings is 2. The predicted octanol–water partition coefficient (Wildman–Crippen LogP) is 15.2. The summed E-state index contributed by atoms with van der Waals surface area (Å²) >= 11 is 13.7. The van der Waals surface area contributed by atoms with Crippen LogP contribution in [0, 0.1) is 20.2 Å². The number of hydrogen-bond acceptors (Lipinski definition) is 16. The van der Waals surface area contributed by atoms with E-state index in [1.165, 1.54) is 34.8 Å². The lowest BCUT2D eigenvalue weighted by Gasteiger charge is -2.27. The van der Waals surface area contributed by atoms with Crippen molar-refractivity contribution >= 4 is 149 Å². The number of nitro groups is 2. The van der Waals surface area contributed by atoms with Crippen molar-refractivity contribution in [3.8, 4) is 0 Å². The third-order valence-electron chi connectivity index (χ3n) is 9.59. The van der Waals surface area contributed by atoms with E-state index in [2.05, 4.69) is 108 Å². The maximum absolute atomic E-state index is 12.9. The average Bonchev–Trinajstić information content (AvgIpc) is 3.94. The minimum Gasteiger partial charge on any atom is -0.449 e. The number of hydrogen-bond donors (Lipinski definition) is 1. The van der Waals surface area contributed by atoms with Crippen molar-refractivity contribution in [1.82, 2.24) is 9.97 Å². The second kappa shape index (κ2) is 34.7. The lowest BCUT2D eigenvalue weighted by atomic mass is 10.1. The average molecular weight is 1510 g/mol. The molecule has 0 radical (unpaired) electrons. The highest BCUT2D eigenvalue weighted by Gasteiger charge is 2.33. The Kier molecular flexibility index (Phi) is 31.5. The SMILES string of the molecule is C.C1CCOC1.C=CCN(C(=O)OC(C)(C)C)c1cccc(CN(C(=O)OCC)c2cc(Br)nc(Br)c2[N+](=O)[O-])c1.C=CCN(C(=O)OC(C)(C)C)c1cccc(CN(C(=O)OCC)c2cc(Br)nc(N)c2[N+](=O)[O-])c1.II. The van der Waals surface area contributed by atoms with E-state index < -0.39 is 51.1 Å². The summed E-state index contributed by atoms with van der Waals surface area (Å²) < 4.78 is 26.7. The second-order valence-corrected chi connectivity index (χ2v) is 20.2. The van der Waals surface area contributed by atoms with Crippen LogP contribution in [0.4, 0.5) is 59.1 Å². The van der Waals surface area contributed by atoms with E-state index in [0.717, 1.165) is 23.0 Å². The first-order chi connectivity index (χ1) is 36.2. The van der Waals surface area contributed by atoms with Gasteiger partial charge >= 0.3 is 35.7 Å². The number of ether oxygens (including phenoxy) is 5. The predicted molar refractivity (Wildman–Crippen MR) is 331 cm³/mol. The Morgan fingerprint density at radius 2 is 1.06 bits per heavy atom. The molecule has 428 valence electrons. The molecule has 4 amide bonds. The van der Waals surface area contributed by atoms with Gasteiger partial charge in [-0.15, -0.1) is 13.2 Å². The number of carbonyl (C=O) groups excluding carboxylic acids is 4. The van der Waals surface area contributed by atoms with Crippen molar-refractivity contribution in [2.75, 3.05) is 64.9 Å². The van der Waals surface area contributed by atoms with Gasteiger partial charge in [-0.2, -0.15) is 0 Å². The lowest BCUT2D eigenvalue weighted by molar-refractivity contribution is -0.385. The molecule has 2 aromatic heterocycles. The molecule has 4 aromatic rings. The second-order valence-electron chi connectivity index (χ2n) is 17.8. The first-order valence-corrected chi connectivity index (χ1v) is 32.0. The van der Waals surface area contributed by atoms with Crippen LogP contribution in [0.25, 0.3) is 0 Å². The van der Waals surface area contributed by atoms with Crippen LogP contribution in [0.2, 0.25) is 0 Å². The number of benzene rings is 2. The molecule has 27 heteroatoms. The van der Waals surface area contributed by atoms with E-state index in [4.69, 9.17) is 29.4 Å². The van der Waals surface area contributed by atoms with E-state index in [0.29, 0.717) is 22.5 Å². The topological polar surface area (TPSA) is 265 Å². The summed E-state index contributed by atoms with van der Waals surface area (Å²) in [6.07, 6.45) is 2.96. The number of amides is 4. The van der Waals surface area contributed by atoms with Gasteiger partial charge in [0, 0.05) is 87.0 Å². The van der Waals surface area contributed by atoms with Crippen LogP contribution in [-0.2, 0) is 36.8 Å². The molecule has 3 heterocycles. The van der Waals surface area contributed by atoms with Crippen LogP contribution in [0.3, 0.4) is 0 Å². The van der Waals surface area contributed by atoms with Crippen molar-refractivity contribution < 1.29 is 52.7 Å². The van der Waals surface area contributed by atoms with E-state index in [1.54, 1.807) is 116 Å². The Bertz CT molecular complexity index is 2510. The van der Waals surface area contributed by atoms with Gasteiger partial charge in [-0.1, -0.05) is 43.8 Å². The van der Waals surface area contributed by atoms with Gasteiger partial charge in [0.15, 0.2) is 4.60 Å². The lowest BCUT2D eigenvalue weighted by Crippen LogP contribution is -2.37. The van der Waals surface area contributed by atoms with Crippen LogP contribution in [0.5, 0.6) is 0 Å². The molecule has 2 N–H and O–H groups in total. The van der Waals surface area contributed by atoms with Crippen LogP contribution >= 0.6 is 85.0 Å². The summed E-state index contributed by atoms with van der Waals surface area (Å²) in [5.74, 6) is -0.357. The highest BCUT2D eigenvalue weighted by atomic mass is 128. The molecule has 22 nitrogen and oxygen atoms in total. The van der Waals surface area contributed by atoms with Gasteiger partial charge < -0.3 is 29.4 Å². The summed E-state index contributed by atoms with van der Waals surface area (Å²) in [4.78, 5) is 86.3. The van der Waals surface area contributed by atoms with E-state index in [1.807, 2.05) is 0 Å². The molecular weight excluding hydrogens is 1440 g/mol. The van der Waals surface area contributed by atoms with Crippen LogP contribution in [-0.4, -0.2) is 94.9 Å². The Morgan fingerprint density at radius 1 is 0.679 bits per heavy atom. The Morgan fingerprint density at radius 3 is 1.40 bits per heavy atom. The maximum Gasteiger partial charge on any atom is 0.415 e. The number of nitrogen functional groups attached to an aromatic ring is 1. The largest absolute Gasteiger partial charge is 0.449 e. The van der Waals surface area contributed by atoms with Crippen LogP contribution < -0.4 is 25.3 Å². The molecule has 1 aliphatic rings. The fraction of sp³-hybridized carbons (Fsp3) is 0.412. The minimum absolute atomic E-state index is 0. The third kappa shape index (κ3) is 23.2.